The number of hydrogen-bond donors (Lipinski definition) is 2. The van der Waals surface area contributed by atoms with E-state index in [1.807, 2.05) is 0 Å². The first kappa shape index (κ1) is 15.3. The summed E-state index contributed by atoms with van der Waals surface area (Å²) in [4.78, 5) is 0. The fourth-order valence-corrected chi connectivity index (χ4v) is 3.84. The van der Waals surface area contributed by atoms with Crippen LogP contribution in [0.2, 0.25) is 0 Å². The molecule has 2 rings (SSSR count). The van der Waals surface area contributed by atoms with Gasteiger partial charge in [-0.1, -0.05) is 26.2 Å². The highest BCUT2D eigenvalue weighted by molar-refractivity contribution is 4.93. The Labute approximate surface area is 118 Å². The van der Waals surface area contributed by atoms with E-state index in [9.17, 15) is 0 Å². The second kappa shape index (κ2) is 7.61. The van der Waals surface area contributed by atoms with Gasteiger partial charge in [0.2, 0.25) is 0 Å². The summed E-state index contributed by atoms with van der Waals surface area (Å²) in [5.74, 6) is 0.636. The summed E-state index contributed by atoms with van der Waals surface area (Å²) in [6, 6.07) is 0.630. The smallest absolute Gasteiger partial charge is 0.0697 e. The summed E-state index contributed by atoms with van der Waals surface area (Å²) in [7, 11) is 0. The predicted octanol–water partition coefficient (Wildman–Crippen LogP) is 2.87. The fraction of sp³-hybridized carbons (Fsp3) is 1.00. The molecule has 2 aliphatic rings. The maximum Gasteiger partial charge on any atom is 0.0697 e. The summed E-state index contributed by atoms with van der Waals surface area (Å²) in [6.07, 6.45) is 10.9. The van der Waals surface area contributed by atoms with Crippen LogP contribution in [0.25, 0.3) is 0 Å². The van der Waals surface area contributed by atoms with Crippen LogP contribution in [0.5, 0.6) is 0 Å². The number of aliphatic hydroxyl groups is 1. The summed E-state index contributed by atoms with van der Waals surface area (Å²) in [5.41, 5.74) is 0.215. The molecule has 0 aromatic carbocycles. The van der Waals surface area contributed by atoms with Crippen molar-refractivity contribution in [3.63, 3.8) is 0 Å². The van der Waals surface area contributed by atoms with Crippen LogP contribution in [0.15, 0.2) is 0 Å². The Morgan fingerprint density at radius 2 is 2.11 bits per heavy atom. The molecule has 2 unspecified atom stereocenters. The van der Waals surface area contributed by atoms with Crippen LogP contribution in [-0.2, 0) is 4.74 Å². The Morgan fingerprint density at radius 3 is 2.79 bits per heavy atom. The van der Waals surface area contributed by atoms with Gasteiger partial charge in [-0.15, -0.1) is 0 Å². The van der Waals surface area contributed by atoms with Gasteiger partial charge in [0, 0.05) is 19.3 Å². The van der Waals surface area contributed by atoms with Crippen molar-refractivity contribution < 1.29 is 9.84 Å². The lowest BCUT2D eigenvalue weighted by atomic mass is 9.88. The van der Waals surface area contributed by atoms with Crippen molar-refractivity contribution in [3.8, 4) is 0 Å². The van der Waals surface area contributed by atoms with Crippen molar-refractivity contribution in [3.05, 3.63) is 0 Å². The highest BCUT2D eigenvalue weighted by Crippen LogP contribution is 2.39. The summed E-state index contributed by atoms with van der Waals surface area (Å²) < 4.78 is 6.08. The first-order valence-electron chi connectivity index (χ1n) is 8.26. The van der Waals surface area contributed by atoms with Crippen molar-refractivity contribution in [2.75, 3.05) is 19.8 Å². The molecule has 1 saturated heterocycles. The van der Waals surface area contributed by atoms with E-state index in [1.54, 1.807) is 0 Å². The number of nitrogens with one attached hydrogen (secondary N) is 1. The molecular formula is C16H31NO2. The van der Waals surface area contributed by atoms with E-state index in [-0.39, 0.29) is 5.60 Å². The predicted molar refractivity (Wildman–Crippen MR) is 78.3 cm³/mol. The first-order chi connectivity index (χ1) is 9.28. The zero-order chi connectivity index (χ0) is 13.6. The minimum atomic E-state index is 0.215. The molecule has 1 aliphatic heterocycles. The van der Waals surface area contributed by atoms with Crippen LogP contribution in [-0.4, -0.2) is 36.5 Å². The van der Waals surface area contributed by atoms with E-state index in [0.29, 0.717) is 18.6 Å². The van der Waals surface area contributed by atoms with Gasteiger partial charge in [-0.3, -0.25) is 0 Å². The molecule has 3 heteroatoms. The highest BCUT2D eigenvalue weighted by atomic mass is 16.5. The first-order valence-corrected chi connectivity index (χ1v) is 8.26. The van der Waals surface area contributed by atoms with E-state index in [0.717, 1.165) is 26.0 Å². The van der Waals surface area contributed by atoms with Crippen molar-refractivity contribution >= 4 is 0 Å². The molecule has 19 heavy (non-hydrogen) atoms. The second-order valence-corrected chi connectivity index (χ2v) is 6.50. The molecule has 0 aromatic heterocycles. The average Bonchev–Trinajstić information content (AvgIpc) is 2.85. The molecule has 3 nitrogen and oxygen atoms in total. The Morgan fingerprint density at radius 1 is 1.32 bits per heavy atom. The van der Waals surface area contributed by atoms with Gasteiger partial charge in [0.1, 0.15) is 0 Å². The van der Waals surface area contributed by atoms with Crippen molar-refractivity contribution in [2.24, 2.45) is 5.92 Å². The summed E-state index contributed by atoms with van der Waals surface area (Å²) in [5, 5.41) is 12.9. The van der Waals surface area contributed by atoms with Gasteiger partial charge >= 0.3 is 0 Å². The maximum atomic E-state index is 9.12. The summed E-state index contributed by atoms with van der Waals surface area (Å²) in [6.45, 7) is 4.54. The molecule has 2 N–H and O–H groups in total. The lowest BCUT2D eigenvalue weighted by Crippen LogP contribution is -2.46. The van der Waals surface area contributed by atoms with Crippen molar-refractivity contribution in [2.45, 2.75) is 76.4 Å². The van der Waals surface area contributed by atoms with E-state index in [4.69, 9.17) is 9.84 Å². The van der Waals surface area contributed by atoms with Gasteiger partial charge in [0.25, 0.3) is 0 Å². The Bertz CT molecular complexity index is 245. The Balaban J connectivity index is 1.75. The van der Waals surface area contributed by atoms with Crippen LogP contribution in [0.3, 0.4) is 0 Å². The average molecular weight is 269 g/mol. The number of hydrogen-bond acceptors (Lipinski definition) is 3. The van der Waals surface area contributed by atoms with Crippen molar-refractivity contribution in [1.29, 1.82) is 0 Å². The number of ether oxygens (including phenoxy) is 1. The van der Waals surface area contributed by atoms with E-state index < -0.39 is 0 Å². The van der Waals surface area contributed by atoms with Crippen LogP contribution >= 0.6 is 0 Å². The van der Waals surface area contributed by atoms with Gasteiger partial charge in [0.05, 0.1) is 5.60 Å². The van der Waals surface area contributed by atoms with Gasteiger partial charge in [-0.25, -0.2) is 0 Å². The van der Waals surface area contributed by atoms with Crippen molar-refractivity contribution in [1.82, 2.24) is 5.32 Å². The van der Waals surface area contributed by atoms with E-state index in [1.165, 1.54) is 44.9 Å². The normalized spacial score (nSPS) is 27.8. The largest absolute Gasteiger partial charge is 0.396 e. The third kappa shape index (κ3) is 4.44. The van der Waals surface area contributed by atoms with E-state index >= 15 is 0 Å². The highest BCUT2D eigenvalue weighted by Gasteiger charge is 2.39. The lowest BCUT2D eigenvalue weighted by Gasteiger charge is -2.39. The molecule has 0 aromatic rings. The molecule has 1 spiro atoms. The Kier molecular flexibility index (Phi) is 6.11. The summed E-state index contributed by atoms with van der Waals surface area (Å²) >= 11 is 0. The molecule has 2 atom stereocenters. The monoisotopic (exact) mass is 269 g/mol. The molecule has 0 radical (unpaired) electrons. The van der Waals surface area contributed by atoms with E-state index in [2.05, 4.69) is 12.2 Å². The molecule has 0 amide bonds. The standard InChI is InChI=1S/C16H31NO2/c1-2-5-14(6-10-18)13-17-15-7-11-19-16(12-15)8-3-4-9-16/h14-15,17-18H,2-13H2,1H3. The zero-order valence-electron chi connectivity index (χ0n) is 12.5. The molecule has 1 saturated carbocycles. The molecule has 1 heterocycles. The van der Waals surface area contributed by atoms with Gasteiger partial charge in [-0.2, -0.15) is 0 Å². The van der Waals surface area contributed by atoms with Gasteiger partial charge in [-0.05, 0) is 51.0 Å². The van der Waals surface area contributed by atoms with Crippen LogP contribution in [0, 0.1) is 5.92 Å². The zero-order valence-corrected chi connectivity index (χ0v) is 12.5. The topological polar surface area (TPSA) is 41.5 Å². The quantitative estimate of drug-likeness (QED) is 0.747. The number of aliphatic hydroxyl groups excluding tert-OH is 1. The molecular weight excluding hydrogens is 238 g/mol. The van der Waals surface area contributed by atoms with Crippen LogP contribution in [0.1, 0.15) is 64.7 Å². The lowest BCUT2D eigenvalue weighted by molar-refractivity contribution is -0.0839. The minimum absolute atomic E-state index is 0.215. The Hall–Kier alpha value is -0.120. The third-order valence-electron chi connectivity index (χ3n) is 4.94. The molecule has 1 aliphatic carbocycles. The van der Waals surface area contributed by atoms with Gasteiger partial charge < -0.3 is 15.2 Å². The fourth-order valence-electron chi connectivity index (χ4n) is 3.84. The third-order valence-corrected chi connectivity index (χ3v) is 4.94. The van der Waals surface area contributed by atoms with Crippen LogP contribution in [0.4, 0.5) is 0 Å². The molecule has 112 valence electrons. The minimum Gasteiger partial charge on any atom is -0.396 e. The van der Waals surface area contributed by atoms with Gasteiger partial charge in [0.15, 0.2) is 0 Å². The maximum absolute atomic E-state index is 9.12. The SMILES string of the molecule is CCCC(CCO)CNC1CCOC2(CCCC2)C1. The van der Waals surface area contributed by atoms with Crippen LogP contribution < -0.4 is 5.32 Å². The number of rotatable bonds is 7. The second-order valence-electron chi connectivity index (χ2n) is 6.50. The molecule has 2 fully saturated rings. The molecule has 0 bridgehead atoms.